The zero-order valence-corrected chi connectivity index (χ0v) is 9.74. The average Bonchev–Trinajstić information content (AvgIpc) is 2.35. The van der Waals surface area contributed by atoms with Crippen LogP contribution in [-0.4, -0.2) is 28.1 Å². The Balaban J connectivity index is 2.64. The van der Waals surface area contributed by atoms with Crippen LogP contribution >= 0.6 is 0 Å². The van der Waals surface area contributed by atoms with Crippen molar-refractivity contribution in [3.8, 4) is 0 Å². The molecule has 3 N–H and O–H groups in total. The van der Waals surface area contributed by atoms with Gasteiger partial charge in [0.05, 0.1) is 0 Å². The maximum absolute atomic E-state index is 11.3. The zero-order valence-electron chi connectivity index (χ0n) is 9.74. The van der Waals surface area contributed by atoms with Gasteiger partial charge in [0.2, 0.25) is 5.91 Å². The van der Waals surface area contributed by atoms with Crippen LogP contribution in [0.5, 0.6) is 0 Å². The summed E-state index contributed by atoms with van der Waals surface area (Å²) in [6, 6.07) is 6.40. The first kappa shape index (κ1) is 14.2. The lowest BCUT2D eigenvalue weighted by Crippen LogP contribution is -2.08. The van der Waals surface area contributed by atoms with Crippen LogP contribution in [0, 0.1) is 0 Å². The molecular formula is C13H11NO5. The topological polar surface area (TPSA) is 104 Å². The van der Waals surface area contributed by atoms with E-state index in [-0.39, 0.29) is 0 Å². The summed E-state index contributed by atoms with van der Waals surface area (Å²) in [6.45, 7) is 0. The quantitative estimate of drug-likeness (QED) is 0.694. The average molecular weight is 261 g/mol. The monoisotopic (exact) mass is 261 g/mol. The van der Waals surface area contributed by atoms with E-state index in [9.17, 15) is 14.4 Å². The molecule has 1 aromatic rings. The van der Waals surface area contributed by atoms with Crippen molar-refractivity contribution in [1.82, 2.24) is 0 Å². The van der Waals surface area contributed by atoms with Gasteiger partial charge in [0, 0.05) is 23.9 Å². The summed E-state index contributed by atoms with van der Waals surface area (Å²) in [7, 11) is 0. The molecule has 98 valence electrons. The summed E-state index contributed by atoms with van der Waals surface area (Å²) in [5.41, 5.74) is 1.15. The van der Waals surface area contributed by atoms with E-state index < -0.39 is 17.8 Å². The third-order valence-electron chi connectivity index (χ3n) is 1.97. The van der Waals surface area contributed by atoms with E-state index in [0.717, 1.165) is 18.2 Å². The molecule has 0 saturated heterocycles. The van der Waals surface area contributed by atoms with Gasteiger partial charge in [-0.3, -0.25) is 4.79 Å². The van der Waals surface area contributed by atoms with Crippen LogP contribution in [0.25, 0.3) is 6.08 Å². The summed E-state index contributed by atoms with van der Waals surface area (Å²) in [4.78, 5) is 31.8. The van der Waals surface area contributed by atoms with E-state index in [2.05, 4.69) is 5.32 Å². The molecule has 0 atom stereocenters. The van der Waals surface area contributed by atoms with Crippen molar-refractivity contribution in [2.24, 2.45) is 0 Å². The van der Waals surface area contributed by atoms with Crippen LogP contribution in [0.2, 0.25) is 0 Å². The number of hydrogen-bond acceptors (Lipinski definition) is 3. The van der Waals surface area contributed by atoms with Crippen molar-refractivity contribution < 1.29 is 24.6 Å². The van der Waals surface area contributed by atoms with E-state index in [4.69, 9.17) is 10.2 Å². The molecule has 0 bridgehead atoms. The van der Waals surface area contributed by atoms with Gasteiger partial charge in [-0.2, -0.15) is 0 Å². The van der Waals surface area contributed by atoms with Gasteiger partial charge in [0.25, 0.3) is 0 Å². The van der Waals surface area contributed by atoms with E-state index >= 15 is 0 Å². The van der Waals surface area contributed by atoms with Gasteiger partial charge in [-0.05, 0) is 23.8 Å². The van der Waals surface area contributed by atoms with Crippen molar-refractivity contribution in [1.29, 1.82) is 0 Å². The number of nitrogens with one attached hydrogen (secondary N) is 1. The Labute approximate surface area is 108 Å². The van der Waals surface area contributed by atoms with Crippen molar-refractivity contribution in [2.45, 2.75) is 0 Å². The Kier molecular flexibility index (Phi) is 5.04. The second-order valence-corrected chi connectivity index (χ2v) is 3.45. The van der Waals surface area contributed by atoms with E-state index in [1.165, 1.54) is 6.08 Å². The van der Waals surface area contributed by atoms with Gasteiger partial charge in [-0.15, -0.1) is 0 Å². The molecule has 1 aromatic carbocycles. The van der Waals surface area contributed by atoms with Gasteiger partial charge in [-0.25, -0.2) is 9.59 Å². The maximum atomic E-state index is 11.3. The lowest BCUT2D eigenvalue weighted by atomic mass is 10.2. The molecule has 6 heteroatoms. The fraction of sp³-hybridized carbons (Fsp3) is 0. The van der Waals surface area contributed by atoms with E-state index in [0.29, 0.717) is 11.3 Å². The first-order valence-electron chi connectivity index (χ1n) is 5.20. The molecular weight excluding hydrogens is 250 g/mol. The number of amides is 1. The SMILES string of the molecule is O=C(O)C=Cc1ccc(NC(=O)/C=C\C(=O)O)cc1. The maximum Gasteiger partial charge on any atom is 0.328 e. The molecule has 0 unspecified atom stereocenters. The van der Waals surface area contributed by atoms with Crippen LogP contribution in [0.3, 0.4) is 0 Å². The molecule has 0 aliphatic heterocycles. The number of carbonyl (C=O) groups is 3. The highest BCUT2D eigenvalue weighted by atomic mass is 16.4. The molecule has 0 heterocycles. The van der Waals surface area contributed by atoms with Crippen LogP contribution in [0.4, 0.5) is 5.69 Å². The minimum Gasteiger partial charge on any atom is -0.478 e. The number of anilines is 1. The molecule has 1 rings (SSSR count). The number of aliphatic carboxylic acids is 2. The minimum absolute atomic E-state index is 0.479. The largest absolute Gasteiger partial charge is 0.478 e. The highest BCUT2D eigenvalue weighted by Gasteiger charge is 1.98. The summed E-state index contributed by atoms with van der Waals surface area (Å²) in [5, 5.41) is 19.3. The summed E-state index contributed by atoms with van der Waals surface area (Å²) < 4.78 is 0. The van der Waals surface area contributed by atoms with Crippen molar-refractivity contribution >= 4 is 29.6 Å². The van der Waals surface area contributed by atoms with Crippen molar-refractivity contribution in [3.63, 3.8) is 0 Å². The molecule has 0 spiro atoms. The highest BCUT2D eigenvalue weighted by Crippen LogP contribution is 2.10. The fourth-order valence-electron chi connectivity index (χ4n) is 1.18. The number of rotatable bonds is 5. The number of carboxylic acid groups (broad SMARTS) is 2. The Morgan fingerprint density at radius 1 is 0.895 bits per heavy atom. The van der Waals surface area contributed by atoms with Crippen LogP contribution < -0.4 is 5.32 Å². The summed E-state index contributed by atoms with van der Waals surface area (Å²) in [5.74, 6) is -2.81. The Morgan fingerprint density at radius 3 is 2.00 bits per heavy atom. The first-order chi connectivity index (χ1) is 8.97. The Hall–Kier alpha value is -2.89. The van der Waals surface area contributed by atoms with E-state index in [1.807, 2.05) is 0 Å². The predicted molar refractivity (Wildman–Crippen MR) is 68.5 cm³/mol. The second-order valence-electron chi connectivity index (χ2n) is 3.45. The fourth-order valence-corrected chi connectivity index (χ4v) is 1.18. The summed E-state index contributed by atoms with van der Waals surface area (Å²) >= 11 is 0. The molecule has 0 saturated carbocycles. The number of carboxylic acids is 2. The van der Waals surface area contributed by atoms with Gasteiger partial charge in [0.1, 0.15) is 0 Å². The zero-order chi connectivity index (χ0) is 14.3. The molecule has 0 radical (unpaired) electrons. The third-order valence-corrected chi connectivity index (χ3v) is 1.97. The predicted octanol–water partition coefficient (Wildman–Crippen LogP) is 1.36. The molecule has 0 aliphatic carbocycles. The highest BCUT2D eigenvalue weighted by molar-refractivity contribution is 6.02. The molecule has 19 heavy (non-hydrogen) atoms. The van der Waals surface area contributed by atoms with Gasteiger partial charge in [0.15, 0.2) is 0 Å². The lowest BCUT2D eigenvalue weighted by Gasteiger charge is -2.02. The second kappa shape index (κ2) is 6.75. The van der Waals surface area contributed by atoms with Gasteiger partial charge < -0.3 is 15.5 Å². The molecule has 1 amide bonds. The first-order valence-corrected chi connectivity index (χ1v) is 5.20. The number of carbonyl (C=O) groups excluding carboxylic acids is 1. The number of hydrogen-bond donors (Lipinski definition) is 3. The molecule has 0 fully saturated rings. The Bertz CT molecular complexity index is 543. The lowest BCUT2D eigenvalue weighted by molar-refractivity contribution is -0.132. The normalized spacial score (nSPS) is 10.7. The Morgan fingerprint density at radius 2 is 1.47 bits per heavy atom. The van der Waals surface area contributed by atoms with Crippen molar-refractivity contribution in [3.05, 3.63) is 48.1 Å². The van der Waals surface area contributed by atoms with Crippen LogP contribution in [-0.2, 0) is 14.4 Å². The van der Waals surface area contributed by atoms with Gasteiger partial charge >= 0.3 is 11.9 Å². The third kappa shape index (κ3) is 5.83. The molecule has 6 nitrogen and oxygen atoms in total. The number of benzene rings is 1. The molecule has 0 aromatic heterocycles. The summed E-state index contributed by atoms with van der Waals surface area (Å²) in [6.07, 6.45) is 4.06. The minimum atomic E-state index is -1.20. The van der Waals surface area contributed by atoms with Crippen LogP contribution in [0.1, 0.15) is 5.56 Å². The van der Waals surface area contributed by atoms with Crippen molar-refractivity contribution in [2.75, 3.05) is 5.32 Å². The van der Waals surface area contributed by atoms with Gasteiger partial charge in [-0.1, -0.05) is 12.1 Å². The smallest absolute Gasteiger partial charge is 0.328 e. The van der Waals surface area contributed by atoms with E-state index in [1.54, 1.807) is 24.3 Å². The van der Waals surface area contributed by atoms with Crippen LogP contribution in [0.15, 0.2) is 42.5 Å². The standard InChI is InChI=1S/C13H11NO5/c15-11(6-8-13(18)19)14-10-4-1-9(2-5-10)3-7-12(16)17/h1-8H,(H,14,15)(H,16,17)(H,18,19)/b7-3?,8-6-. The molecule has 0 aliphatic rings.